The van der Waals surface area contributed by atoms with E-state index in [4.69, 9.17) is 5.11 Å². The molecule has 0 amide bonds. The summed E-state index contributed by atoms with van der Waals surface area (Å²) in [5, 5.41) is 12.3. The molecule has 0 aromatic carbocycles. The Labute approximate surface area is 62.6 Å². The maximum Gasteiger partial charge on any atom is 0.0613 e. The third kappa shape index (κ3) is 1.32. The van der Waals surface area contributed by atoms with E-state index in [-0.39, 0.29) is 12.1 Å². The molecule has 2 atom stereocenters. The van der Waals surface area contributed by atoms with Gasteiger partial charge in [0.05, 0.1) is 6.61 Å². The minimum absolute atomic E-state index is 0.0550. The number of nitrogens with one attached hydrogen (secondary N) is 1. The molecule has 1 saturated carbocycles. The van der Waals surface area contributed by atoms with Crippen molar-refractivity contribution >= 4 is 0 Å². The number of aliphatic hydroxyl groups is 1. The zero-order valence-corrected chi connectivity index (χ0v) is 6.85. The van der Waals surface area contributed by atoms with E-state index in [2.05, 4.69) is 12.2 Å². The van der Waals surface area contributed by atoms with Gasteiger partial charge in [-0.3, -0.25) is 0 Å². The van der Waals surface area contributed by atoms with Crippen molar-refractivity contribution in [2.24, 2.45) is 5.92 Å². The highest BCUT2D eigenvalue weighted by Gasteiger charge is 2.34. The van der Waals surface area contributed by atoms with Crippen molar-refractivity contribution in [2.45, 2.75) is 31.7 Å². The molecule has 0 aromatic rings. The quantitative estimate of drug-likeness (QED) is 0.598. The van der Waals surface area contributed by atoms with Gasteiger partial charge in [-0.25, -0.2) is 0 Å². The fraction of sp³-hybridized carbons (Fsp3) is 1.00. The highest BCUT2D eigenvalue weighted by Crippen LogP contribution is 2.33. The molecule has 0 aromatic heterocycles. The Kier molecular flexibility index (Phi) is 2.32. The monoisotopic (exact) mass is 143 g/mol. The molecule has 0 heterocycles. The largest absolute Gasteiger partial charge is 0.394 e. The standard InChI is InChI=1S/C8H17NO/c1-7-3-4-8(5-7,6-10)9-2/h7,9-10H,3-6H2,1-2H3/t7-,8-/m0/s1. The van der Waals surface area contributed by atoms with Crippen LogP contribution in [0.1, 0.15) is 26.2 Å². The van der Waals surface area contributed by atoms with Crippen LogP contribution in [0, 0.1) is 5.92 Å². The molecule has 0 saturated heterocycles. The summed E-state index contributed by atoms with van der Waals surface area (Å²) in [5.41, 5.74) is 0.0550. The molecule has 0 aliphatic heterocycles. The number of hydrogen-bond donors (Lipinski definition) is 2. The molecule has 0 unspecified atom stereocenters. The second-order valence-corrected chi connectivity index (χ2v) is 3.54. The molecule has 1 aliphatic carbocycles. The first-order valence-electron chi connectivity index (χ1n) is 4.02. The zero-order valence-electron chi connectivity index (χ0n) is 6.85. The smallest absolute Gasteiger partial charge is 0.0613 e. The summed E-state index contributed by atoms with van der Waals surface area (Å²) >= 11 is 0. The van der Waals surface area contributed by atoms with E-state index in [1.54, 1.807) is 0 Å². The first kappa shape index (κ1) is 8.02. The lowest BCUT2D eigenvalue weighted by Crippen LogP contribution is -2.43. The molecular weight excluding hydrogens is 126 g/mol. The van der Waals surface area contributed by atoms with Crippen molar-refractivity contribution in [3.63, 3.8) is 0 Å². The molecule has 2 N–H and O–H groups in total. The topological polar surface area (TPSA) is 32.3 Å². The molecule has 0 spiro atoms. The average Bonchev–Trinajstić information content (AvgIpc) is 2.33. The van der Waals surface area contributed by atoms with Crippen LogP contribution in [-0.2, 0) is 0 Å². The van der Waals surface area contributed by atoms with Gasteiger partial charge in [-0.05, 0) is 32.2 Å². The van der Waals surface area contributed by atoms with Crippen LogP contribution in [-0.4, -0.2) is 24.3 Å². The van der Waals surface area contributed by atoms with Gasteiger partial charge in [-0.1, -0.05) is 6.92 Å². The normalized spacial score (nSPS) is 40.5. The molecule has 1 fully saturated rings. The van der Waals surface area contributed by atoms with Gasteiger partial charge in [0.2, 0.25) is 0 Å². The Morgan fingerprint density at radius 3 is 2.60 bits per heavy atom. The molecule has 60 valence electrons. The van der Waals surface area contributed by atoms with E-state index in [0.29, 0.717) is 0 Å². The Bertz CT molecular complexity index is 110. The van der Waals surface area contributed by atoms with Crippen molar-refractivity contribution in [1.29, 1.82) is 0 Å². The molecule has 10 heavy (non-hydrogen) atoms. The summed E-state index contributed by atoms with van der Waals surface area (Å²) in [6.07, 6.45) is 3.50. The molecule has 2 heteroatoms. The molecule has 1 aliphatic rings. The number of likely N-dealkylation sites (N-methyl/N-ethyl adjacent to an activating group) is 1. The van der Waals surface area contributed by atoms with E-state index in [1.165, 1.54) is 6.42 Å². The number of aliphatic hydroxyl groups excluding tert-OH is 1. The van der Waals surface area contributed by atoms with Crippen molar-refractivity contribution < 1.29 is 5.11 Å². The van der Waals surface area contributed by atoms with Crippen molar-refractivity contribution in [2.75, 3.05) is 13.7 Å². The maximum absolute atomic E-state index is 9.07. The van der Waals surface area contributed by atoms with Crippen LogP contribution in [0.5, 0.6) is 0 Å². The Balaban J connectivity index is 2.51. The van der Waals surface area contributed by atoms with Crippen LogP contribution >= 0.6 is 0 Å². The lowest BCUT2D eigenvalue weighted by Gasteiger charge is -2.25. The van der Waals surface area contributed by atoms with E-state index in [1.807, 2.05) is 7.05 Å². The summed E-state index contributed by atoms with van der Waals surface area (Å²) in [6, 6.07) is 0. The fourth-order valence-corrected chi connectivity index (χ4v) is 1.84. The SMILES string of the molecule is CN[C@@]1(CO)CC[C@H](C)C1. The van der Waals surface area contributed by atoms with Crippen LogP contribution in [0.4, 0.5) is 0 Å². The van der Waals surface area contributed by atoms with Crippen LogP contribution in [0.25, 0.3) is 0 Å². The lowest BCUT2D eigenvalue weighted by molar-refractivity contribution is 0.169. The lowest BCUT2D eigenvalue weighted by atomic mass is 9.98. The predicted octanol–water partition coefficient (Wildman–Crippen LogP) is 0.757. The minimum atomic E-state index is 0.0550. The third-order valence-corrected chi connectivity index (χ3v) is 2.69. The van der Waals surface area contributed by atoms with Crippen LogP contribution < -0.4 is 5.32 Å². The summed E-state index contributed by atoms with van der Waals surface area (Å²) in [4.78, 5) is 0. The summed E-state index contributed by atoms with van der Waals surface area (Å²) < 4.78 is 0. The van der Waals surface area contributed by atoms with Crippen molar-refractivity contribution in [3.8, 4) is 0 Å². The van der Waals surface area contributed by atoms with Gasteiger partial charge in [-0.2, -0.15) is 0 Å². The maximum atomic E-state index is 9.07. The Morgan fingerprint density at radius 2 is 2.40 bits per heavy atom. The minimum Gasteiger partial charge on any atom is -0.394 e. The van der Waals surface area contributed by atoms with Gasteiger partial charge in [0.1, 0.15) is 0 Å². The van der Waals surface area contributed by atoms with Crippen LogP contribution in [0.3, 0.4) is 0 Å². The summed E-state index contributed by atoms with van der Waals surface area (Å²) in [5.74, 6) is 0.777. The first-order valence-corrected chi connectivity index (χ1v) is 4.02. The van der Waals surface area contributed by atoms with E-state index in [9.17, 15) is 0 Å². The average molecular weight is 143 g/mol. The number of rotatable bonds is 2. The van der Waals surface area contributed by atoms with E-state index >= 15 is 0 Å². The van der Waals surface area contributed by atoms with Crippen molar-refractivity contribution in [3.05, 3.63) is 0 Å². The Morgan fingerprint density at radius 1 is 1.70 bits per heavy atom. The molecule has 1 rings (SSSR count). The van der Waals surface area contributed by atoms with Crippen molar-refractivity contribution in [1.82, 2.24) is 5.32 Å². The molecular formula is C8H17NO. The summed E-state index contributed by atoms with van der Waals surface area (Å²) in [6.45, 7) is 2.53. The summed E-state index contributed by atoms with van der Waals surface area (Å²) in [7, 11) is 1.94. The predicted molar refractivity (Wildman–Crippen MR) is 41.9 cm³/mol. The van der Waals surface area contributed by atoms with E-state index in [0.717, 1.165) is 18.8 Å². The molecule has 0 bridgehead atoms. The zero-order chi connectivity index (χ0) is 7.61. The van der Waals surface area contributed by atoms with Crippen LogP contribution in [0.2, 0.25) is 0 Å². The first-order chi connectivity index (χ1) is 4.72. The highest BCUT2D eigenvalue weighted by atomic mass is 16.3. The second-order valence-electron chi connectivity index (χ2n) is 3.54. The van der Waals surface area contributed by atoms with Crippen LogP contribution in [0.15, 0.2) is 0 Å². The van der Waals surface area contributed by atoms with E-state index < -0.39 is 0 Å². The van der Waals surface area contributed by atoms with Gasteiger partial charge in [-0.15, -0.1) is 0 Å². The van der Waals surface area contributed by atoms with Gasteiger partial charge in [0.25, 0.3) is 0 Å². The van der Waals surface area contributed by atoms with Gasteiger partial charge < -0.3 is 10.4 Å². The van der Waals surface area contributed by atoms with Gasteiger partial charge >= 0.3 is 0 Å². The number of hydrogen-bond acceptors (Lipinski definition) is 2. The highest BCUT2D eigenvalue weighted by molar-refractivity contribution is 4.93. The molecule has 0 radical (unpaired) electrons. The Hall–Kier alpha value is -0.0800. The van der Waals surface area contributed by atoms with Gasteiger partial charge in [0, 0.05) is 5.54 Å². The second kappa shape index (κ2) is 2.89. The molecule has 2 nitrogen and oxygen atoms in total. The third-order valence-electron chi connectivity index (χ3n) is 2.69. The fourth-order valence-electron chi connectivity index (χ4n) is 1.84. The van der Waals surface area contributed by atoms with Gasteiger partial charge in [0.15, 0.2) is 0 Å².